The number of hydrogen-bond donors (Lipinski definition) is 4. The topological polar surface area (TPSA) is 108 Å². The van der Waals surface area contributed by atoms with Gasteiger partial charge in [-0.2, -0.15) is 0 Å². The molecule has 7 heteroatoms. The van der Waals surface area contributed by atoms with Crippen LogP contribution in [0.1, 0.15) is 37.8 Å². The molecule has 3 amide bonds. The van der Waals surface area contributed by atoms with Gasteiger partial charge in [0.2, 0.25) is 17.7 Å². The van der Waals surface area contributed by atoms with Gasteiger partial charge < -0.3 is 10.6 Å². The maximum Gasteiger partial charge on any atom is 0.244 e. The van der Waals surface area contributed by atoms with E-state index in [1.165, 1.54) is 0 Å². The fourth-order valence-electron chi connectivity index (χ4n) is 4.32. The highest BCUT2D eigenvalue weighted by Gasteiger charge is 2.28. The van der Waals surface area contributed by atoms with E-state index in [-0.39, 0.29) is 24.2 Å². The molecule has 0 radical (unpaired) electrons. The van der Waals surface area contributed by atoms with Crippen LogP contribution in [-0.2, 0) is 27.2 Å². The van der Waals surface area contributed by atoms with Crippen LogP contribution in [0, 0.1) is 11.8 Å². The standard InChI is InChI=1S/C29H35N3O4/c1-20(2)16-25(19-27(33)32-36)28(34)31-26(29(35)30-15-14-21-8-4-3-5-9-21)18-22-12-13-23-10-6-7-11-24(23)17-22/h3-13,17,20,25-26,36H,14-16,18-19H2,1-2H3,(H,30,35)(H,31,34)(H,32,33)/t25-,26-/m0/s1. The predicted octanol–water partition coefficient (Wildman–Crippen LogP) is 3.78. The Labute approximate surface area is 212 Å². The van der Waals surface area contributed by atoms with Crippen LogP contribution < -0.4 is 16.1 Å². The summed E-state index contributed by atoms with van der Waals surface area (Å²) in [5.74, 6) is -1.79. The van der Waals surface area contributed by atoms with Gasteiger partial charge in [0.15, 0.2) is 0 Å². The molecule has 0 fully saturated rings. The number of fused-ring (bicyclic) bond motifs is 1. The third-order valence-corrected chi connectivity index (χ3v) is 6.13. The van der Waals surface area contributed by atoms with E-state index < -0.39 is 17.9 Å². The number of benzene rings is 3. The molecular formula is C29H35N3O4. The molecule has 0 aliphatic carbocycles. The fraction of sp³-hybridized carbons (Fsp3) is 0.345. The molecule has 3 aromatic rings. The zero-order valence-corrected chi connectivity index (χ0v) is 20.9. The number of hydrogen-bond acceptors (Lipinski definition) is 4. The summed E-state index contributed by atoms with van der Waals surface area (Å²) in [7, 11) is 0. The minimum absolute atomic E-state index is 0.154. The predicted molar refractivity (Wildman–Crippen MR) is 140 cm³/mol. The Hall–Kier alpha value is -3.71. The molecule has 7 nitrogen and oxygen atoms in total. The van der Waals surface area contributed by atoms with E-state index in [0.717, 1.165) is 21.9 Å². The Morgan fingerprint density at radius 1 is 0.833 bits per heavy atom. The van der Waals surface area contributed by atoms with Crippen LogP contribution >= 0.6 is 0 Å². The van der Waals surface area contributed by atoms with Crippen molar-refractivity contribution in [1.82, 2.24) is 16.1 Å². The first kappa shape index (κ1) is 26.9. The van der Waals surface area contributed by atoms with Crippen LogP contribution in [-0.4, -0.2) is 35.5 Å². The molecule has 0 unspecified atom stereocenters. The van der Waals surface area contributed by atoms with Gasteiger partial charge in [0.1, 0.15) is 6.04 Å². The number of rotatable bonds is 12. The van der Waals surface area contributed by atoms with Crippen molar-refractivity contribution in [3.8, 4) is 0 Å². The van der Waals surface area contributed by atoms with Gasteiger partial charge in [0.05, 0.1) is 0 Å². The second-order valence-corrected chi connectivity index (χ2v) is 9.54. The minimum atomic E-state index is -0.804. The van der Waals surface area contributed by atoms with Crippen molar-refractivity contribution in [3.63, 3.8) is 0 Å². The third kappa shape index (κ3) is 8.20. The Kier molecular flexibility index (Phi) is 10.0. The summed E-state index contributed by atoms with van der Waals surface area (Å²) in [4.78, 5) is 38.2. The van der Waals surface area contributed by atoms with Gasteiger partial charge in [0.25, 0.3) is 0 Å². The van der Waals surface area contributed by atoms with Crippen LogP contribution in [0.4, 0.5) is 0 Å². The lowest BCUT2D eigenvalue weighted by molar-refractivity contribution is -0.136. The van der Waals surface area contributed by atoms with Gasteiger partial charge in [-0.25, -0.2) is 5.48 Å². The molecule has 0 aliphatic heterocycles. The van der Waals surface area contributed by atoms with E-state index in [0.29, 0.717) is 25.8 Å². The highest BCUT2D eigenvalue weighted by molar-refractivity contribution is 5.91. The van der Waals surface area contributed by atoms with Crippen molar-refractivity contribution < 1.29 is 19.6 Å². The molecule has 0 saturated carbocycles. The van der Waals surface area contributed by atoms with Gasteiger partial charge >= 0.3 is 0 Å². The molecule has 0 aliphatic rings. The number of carbonyl (C=O) groups is 3. The summed E-state index contributed by atoms with van der Waals surface area (Å²) in [5.41, 5.74) is 3.63. The van der Waals surface area contributed by atoms with E-state index in [9.17, 15) is 14.4 Å². The quantitative estimate of drug-likeness (QED) is 0.229. The maximum atomic E-state index is 13.2. The molecule has 0 aromatic heterocycles. The van der Waals surface area contributed by atoms with Crippen LogP contribution in [0.5, 0.6) is 0 Å². The molecule has 36 heavy (non-hydrogen) atoms. The maximum absolute atomic E-state index is 13.2. The van der Waals surface area contributed by atoms with E-state index in [4.69, 9.17) is 5.21 Å². The average molecular weight is 490 g/mol. The summed E-state index contributed by atoms with van der Waals surface area (Å²) in [6, 6.07) is 23.0. The minimum Gasteiger partial charge on any atom is -0.354 e. The Bertz CT molecular complexity index is 1160. The summed E-state index contributed by atoms with van der Waals surface area (Å²) in [6.07, 6.45) is 1.29. The molecule has 3 aromatic carbocycles. The summed E-state index contributed by atoms with van der Waals surface area (Å²) < 4.78 is 0. The van der Waals surface area contributed by atoms with Crippen molar-refractivity contribution >= 4 is 28.5 Å². The summed E-state index contributed by atoms with van der Waals surface area (Å²) >= 11 is 0. The lowest BCUT2D eigenvalue weighted by atomic mass is 9.92. The molecule has 3 rings (SSSR count). The second-order valence-electron chi connectivity index (χ2n) is 9.54. The zero-order chi connectivity index (χ0) is 25.9. The highest BCUT2D eigenvalue weighted by atomic mass is 16.5. The molecular weight excluding hydrogens is 454 g/mol. The lowest BCUT2D eigenvalue weighted by Crippen LogP contribution is -2.50. The van der Waals surface area contributed by atoms with Crippen molar-refractivity contribution in [2.75, 3.05) is 6.54 Å². The number of carbonyl (C=O) groups excluding carboxylic acids is 3. The SMILES string of the molecule is CC(C)C[C@@H](CC(=O)NO)C(=O)N[C@@H](Cc1ccc2ccccc2c1)C(=O)NCCc1ccccc1. The Balaban J connectivity index is 1.75. The van der Waals surface area contributed by atoms with Gasteiger partial charge in [-0.1, -0.05) is 86.6 Å². The van der Waals surface area contributed by atoms with E-state index in [2.05, 4.69) is 10.6 Å². The first-order chi connectivity index (χ1) is 17.4. The Morgan fingerprint density at radius 2 is 1.53 bits per heavy atom. The smallest absolute Gasteiger partial charge is 0.244 e. The number of hydroxylamine groups is 1. The van der Waals surface area contributed by atoms with E-state index in [1.54, 1.807) is 5.48 Å². The molecule has 190 valence electrons. The number of nitrogens with one attached hydrogen (secondary N) is 3. The summed E-state index contributed by atoms with van der Waals surface area (Å²) in [5, 5.41) is 16.9. The highest BCUT2D eigenvalue weighted by Crippen LogP contribution is 2.19. The van der Waals surface area contributed by atoms with E-state index >= 15 is 0 Å². The van der Waals surface area contributed by atoms with Crippen LogP contribution in [0.3, 0.4) is 0 Å². The second kappa shape index (κ2) is 13.4. The van der Waals surface area contributed by atoms with Crippen LogP contribution in [0.2, 0.25) is 0 Å². The third-order valence-electron chi connectivity index (χ3n) is 6.13. The molecule has 0 bridgehead atoms. The molecule has 0 saturated heterocycles. The zero-order valence-electron chi connectivity index (χ0n) is 20.9. The van der Waals surface area contributed by atoms with Gasteiger partial charge in [-0.05, 0) is 40.7 Å². The normalized spacial score (nSPS) is 12.7. The van der Waals surface area contributed by atoms with E-state index in [1.807, 2.05) is 86.6 Å². The molecule has 0 spiro atoms. The van der Waals surface area contributed by atoms with Crippen molar-refractivity contribution in [2.24, 2.45) is 11.8 Å². The first-order valence-corrected chi connectivity index (χ1v) is 12.4. The number of amides is 3. The molecule has 4 N–H and O–H groups in total. The van der Waals surface area contributed by atoms with Crippen LogP contribution in [0.15, 0.2) is 72.8 Å². The van der Waals surface area contributed by atoms with Crippen LogP contribution in [0.25, 0.3) is 10.8 Å². The molecule has 0 heterocycles. The average Bonchev–Trinajstić information content (AvgIpc) is 2.88. The van der Waals surface area contributed by atoms with Crippen molar-refractivity contribution in [1.29, 1.82) is 0 Å². The fourth-order valence-corrected chi connectivity index (χ4v) is 4.32. The molecule has 2 atom stereocenters. The van der Waals surface area contributed by atoms with Gasteiger partial charge in [-0.3, -0.25) is 19.6 Å². The van der Waals surface area contributed by atoms with Crippen molar-refractivity contribution in [2.45, 2.75) is 45.6 Å². The largest absolute Gasteiger partial charge is 0.354 e. The Morgan fingerprint density at radius 3 is 2.22 bits per heavy atom. The lowest BCUT2D eigenvalue weighted by Gasteiger charge is -2.23. The van der Waals surface area contributed by atoms with Crippen molar-refractivity contribution in [3.05, 3.63) is 83.9 Å². The monoisotopic (exact) mass is 489 g/mol. The van der Waals surface area contributed by atoms with Gasteiger partial charge in [0, 0.05) is 25.3 Å². The first-order valence-electron chi connectivity index (χ1n) is 12.4. The summed E-state index contributed by atoms with van der Waals surface area (Å²) in [6.45, 7) is 4.36. The van der Waals surface area contributed by atoms with Gasteiger partial charge in [-0.15, -0.1) is 0 Å².